The van der Waals surface area contributed by atoms with Crippen molar-refractivity contribution in [1.82, 2.24) is 14.7 Å². The summed E-state index contributed by atoms with van der Waals surface area (Å²) in [5.41, 5.74) is 1.27. The molecule has 20 heavy (non-hydrogen) atoms. The zero-order valence-electron chi connectivity index (χ0n) is 12.3. The topological polar surface area (TPSA) is 29.3 Å². The quantitative estimate of drug-likeness (QED) is 0.787. The Morgan fingerprint density at radius 1 is 1.45 bits per heavy atom. The van der Waals surface area contributed by atoms with Crippen LogP contribution in [-0.2, 0) is 6.42 Å². The lowest BCUT2D eigenvalue weighted by atomic mass is 9.87. The van der Waals surface area contributed by atoms with Crippen molar-refractivity contribution < 1.29 is 0 Å². The SMILES string of the molecule is CCCNCC(Cc1cn2ccsc2n1)C1CCCC1. The smallest absolute Gasteiger partial charge is 0.193 e. The Hall–Kier alpha value is -0.870. The van der Waals surface area contributed by atoms with Gasteiger partial charge in [0.25, 0.3) is 0 Å². The van der Waals surface area contributed by atoms with E-state index in [-0.39, 0.29) is 0 Å². The van der Waals surface area contributed by atoms with Gasteiger partial charge in [0.15, 0.2) is 4.96 Å². The summed E-state index contributed by atoms with van der Waals surface area (Å²) in [6.45, 7) is 4.53. The number of aromatic nitrogens is 2. The highest BCUT2D eigenvalue weighted by atomic mass is 32.1. The van der Waals surface area contributed by atoms with Crippen LogP contribution in [-0.4, -0.2) is 22.5 Å². The molecule has 0 radical (unpaired) electrons. The fourth-order valence-corrected chi connectivity index (χ4v) is 4.16. The third-order valence-electron chi connectivity index (χ3n) is 4.51. The van der Waals surface area contributed by atoms with Gasteiger partial charge in [-0.15, -0.1) is 11.3 Å². The molecule has 2 aromatic rings. The molecule has 3 rings (SSSR count). The summed E-state index contributed by atoms with van der Waals surface area (Å²) in [6, 6.07) is 0. The maximum atomic E-state index is 4.77. The van der Waals surface area contributed by atoms with Crippen LogP contribution in [0.5, 0.6) is 0 Å². The third-order valence-corrected chi connectivity index (χ3v) is 5.28. The normalized spacial score (nSPS) is 18.1. The van der Waals surface area contributed by atoms with Crippen LogP contribution < -0.4 is 5.32 Å². The fourth-order valence-electron chi connectivity index (χ4n) is 3.44. The molecule has 3 nitrogen and oxygen atoms in total. The monoisotopic (exact) mass is 291 g/mol. The number of hydrogen-bond acceptors (Lipinski definition) is 3. The van der Waals surface area contributed by atoms with E-state index in [9.17, 15) is 0 Å². The zero-order chi connectivity index (χ0) is 13.8. The molecule has 0 saturated heterocycles. The van der Waals surface area contributed by atoms with E-state index >= 15 is 0 Å². The Kier molecular flexibility index (Phi) is 4.73. The first kappa shape index (κ1) is 14.1. The molecule has 1 fully saturated rings. The predicted molar refractivity (Wildman–Crippen MR) is 85.4 cm³/mol. The second-order valence-electron chi connectivity index (χ2n) is 6.04. The molecule has 1 saturated carbocycles. The van der Waals surface area contributed by atoms with Gasteiger partial charge in [0.05, 0.1) is 5.69 Å². The van der Waals surface area contributed by atoms with Gasteiger partial charge in [-0.05, 0) is 37.8 Å². The van der Waals surface area contributed by atoms with E-state index in [1.165, 1.54) is 37.8 Å². The number of imidazole rings is 1. The third kappa shape index (κ3) is 3.23. The minimum atomic E-state index is 0.758. The van der Waals surface area contributed by atoms with Gasteiger partial charge in [0.1, 0.15) is 0 Å². The van der Waals surface area contributed by atoms with Crippen molar-refractivity contribution in [2.24, 2.45) is 11.8 Å². The zero-order valence-corrected chi connectivity index (χ0v) is 13.2. The van der Waals surface area contributed by atoms with Crippen molar-refractivity contribution in [3.8, 4) is 0 Å². The number of fused-ring (bicyclic) bond motifs is 1. The fraction of sp³-hybridized carbons (Fsp3) is 0.688. The molecular formula is C16H25N3S. The molecule has 0 aliphatic heterocycles. The summed E-state index contributed by atoms with van der Waals surface area (Å²) in [6.07, 6.45) is 12.4. The maximum Gasteiger partial charge on any atom is 0.193 e. The van der Waals surface area contributed by atoms with Gasteiger partial charge in [-0.3, -0.25) is 4.40 Å². The maximum absolute atomic E-state index is 4.77. The first-order chi connectivity index (χ1) is 9.86. The largest absolute Gasteiger partial charge is 0.316 e. The van der Waals surface area contributed by atoms with E-state index in [4.69, 9.17) is 4.98 Å². The van der Waals surface area contributed by atoms with E-state index in [0.717, 1.165) is 36.3 Å². The van der Waals surface area contributed by atoms with Gasteiger partial charge in [-0.25, -0.2) is 4.98 Å². The molecule has 1 N–H and O–H groups in total. The van der Waals surface area contributed by atoms with Crippen molar-refractivity contribution in [2.45, 2.75) is 45.4 Å². The average molecular weight is 291 g/mol. The van der Waals surface area contributed by atoms with E-state index < -0.39 is 0 Å². The van der Waals surface area contributed by atoms with Crippen LogP contribution in [0.15, 0.2) is 17.8 Å². The second-order valence-corrected chi connectivity index (χ2v) is 6.91. The summed E-state index contributed by atoms with van der Waals surface area (Å²) in [4.78, 5) is 5.90. The van der Waals surface area contributed by atoms with Crippen LogP contribution in [0.2, 0.25) is 0 Å². The summed E-state index contributed by atoms with van der Waals surface area (Å²) < 4.78 is 2.16. The molecule has 0 amide bonds. The molecule has 1 aliphatic rings. The highest BCUT2D eigenvalue weighted by Gasteiger charge is 2.25. The Balaban J connectivity index is 1.66. The molecule has 2 heterocycles. The second kappa shape index (κ2) is 6.72. The lowest BCUT2D eigenvalue weighted by Gasteiger charge is -2.23. The molecule has 2 aromatic heterocycles. The van der Waals surface area contributed by atoms with Crippen LogP contribution in [0.3, 0.4) is 0 Å². The molecule has 4 heteroatoms. The summed E-state index contributed by atoms with van der Waals surface area (Å²) in [5, 5.41) is 5.73. The molecule has 0 bridgehead atoms. The van der Waals surface area contributed by atoms with E-state index in [1.54, 1.807) is 11.3 Å². The van der Waals surface area contributed by atoms with Crippen molar-refractivity contribution in [2.75, 3.05) is 13.1 Å². The van der Waals surface area contributed by atoms with Gasteiger partial charge in [0, 0.05) is 17.8 Å². The number of hydrogen-bond donors (Lipinski definition) is 1. The lowest BCUT2D eigenvalue weighted by Crippen LogP contribution is -2.29. The van der Waals surface area contributed by atoms with E-state index in [2.05, 4.69) is 34.4 Å². The van der Waals surface area contributed by atoms with E-state index in [0.29, 0.717) is 0 Å². The van der Waals surface area contributed by atoms with Gasteiger partial charge in [-0.2, -0.15) is 0 Å². The van der Waals surface area contributed by atoms with Crippen molar-refractivity contribution in [3.63, 3.8) is 0 Å². The van der Waals surface area contributed by atoms with Crippen LogP contribution in [0.4, 0.5) is 0 Å². The summed E-state index contributed by atoms with van der Waals surface area (Å²) in [5.74, 6) is 1.66. The lowest BCUT2D eigenvalue weighted by molar-refractivity contribution is 0.319. The Morgan fingerprint density at radius 2 is 2.30 bits per heavy atom. The minimum Gasteiger partial charge on any atom is -0.316 e. The molecule has 0 spiro atoms. The first-order valence-electron chi connectivity index (χ1n) is 7.98. The van der Waals surface area contributed by atoms with Gasteiger partial charge in [0.2, 0.25) is 0 Å². The molecule has 0 aromatic carbocycles. The number of rotatable bonds is 7. The molecular weight excluding hydrogens is 266 g/mol. The highest BCUT2D eigenvalue weighted by molar-refractivity contribution is 7.15. The highest BCUT2D eigenvalue weighted by Crippen LogP contribution is 2.33. The standard InChI is InChI=1S/C16H25N3S/c1-2-7-17-11-14(13-5-3-4-6-13)10-15-12-19-8-9-20-16(19)18-15/h8-9,12-14,17H,2-7,10-11H2,1H3. The first-order valence-corrected chi connectivity index (χ1v) is 8.86. The van der Waals surface area contributed by atoms with Crippen LogP contribution in [0, 0.1) is 11.8 Å². The molecule has 1 aliphatic carbocycles. The summed E-state index contributed by atoms with van der Waals surface area (Å²) >= 11 is 1.73. The summed E-state index contributed by atoms with van der Waals surface area (Å²) in [7, 11) is 0. The number of nitrogens with one attached hydrogen (secondary N) is 1. The van der Waals surface area contributed by atoms with Crippen molar-refractivity contribution in [1.29, 1.82) is 0 Å². The molecule has 1 unspecified atom stereocenters. The van der Waals surface area contributed by atoms with Crippen LogP contribution >= 0.6 is 11.3 Å². The van der Waals surface area contributed by atoms with Crippen LogP contribution in [0.1, 0.15) is 44.7 Å². The van der Waals surface area contributed by atoms with Gasteiger partial charge >= 0.3 is 0 Å². The Morgan fingerprint density at radius 3 is 3.05 bits per heavy atom. The molecule has 1 atom stereocenters. The van der Waals surface area contributed by atoms with E-state index in [1.807, 2.05) is 0 Å². The van der Waals surface area contributed by atoms with Gasteiger partial charge < -0.3 is 5.32 Å². The average Bonchev–Trinajstić information content (AvgIpc) is 3.14. The Bertz CT molecular complexity index is 496. The van der Waals surface area contributed by atoms with Crippen LogP contribution in [0.25, 0.3) is 4.96 Å². The predicted octanol–water partition coefficient (Wildman–Crippen LogP) is 3.74. The Labute approximate surface area is 125 Å². The number of thiazole rings is 1. The van der Waals surface area contributed by atoms with Gasteiger partial charge in [-0.1, -0.05) is 32.6 Å². The molecule has 110 valence electrons. The number of nitrogens with zero attached hydrogens (tertiary/aromatic N) is 2. The minimum absolute atomic E-state index is 0.758. The van der Waals surface area contributed by atoms with Crippen molar-refractivity contribution in [3.05, 3.63) is 23.5 Å². The van der Waals surface area contributed by atoms with Crippen molar-refractivity contribution >= 4 is 16.3 Å².